The summed E-state index contributed by atoms with van der Waals surface area (Å²) in [6.45, 7) is 0.413. The first kappa shape index (κ1) is 14.3. The normalized spacial score (nSPS) is 17.9. The van der Waals surface area contributed by atoms with Gasteiger partial charge in [0.25, 0.3) is 0 Å². The van der Waals surface area contributed by atoms with Gasteiger partial charge in [0.1, 0.15) is 10.7 Å². The zero-order valence-electron chi connectivity index (χ0n) is 9.74. The molecule has 0 unspecified atom stereocenters. The Kier molecular flexibility index (Phi) is 3.57. The van der Waals surface area contributed by atoms with Gasteiger partial charge in [-0.25, -0.2) is 12.8 Å². The van der Waals surface area contributed by atoms with Crippen LogP contribution in [-0.2, 0) is 16.2 Å². The van der Waals surface area contributed by atoms with E-state index in [4.69, 9.17) is 0 Å². The molecular weight excluding hydrogens is 286 g/mol. The summed E-state index contributed by atoms with van der Waals surface area (Å²) in [4.78, 5) is -0.913. The molecule has 1 saturated heterocycles. The minimum Gasteiger partial charge on any atom is -0.207 e. The number of nitrogens with zero attached hydrogens (tertiary/aromatic N) is 1. The van der Waals surface area contributed by atoms with E-state index >= 15 is 0 Å². The van der Waals surface area contributed by atoms with Gasteiger partial charge in [-0.1, -0.05) is 0 Å². The molecule has 0 saturated carbocycles. The number of sulfonamides is 1. The van der Waals surface area contributed by atoms with Crippen molar-refractivity contribution in [1.82, 2.24) is 4.31 Å². The standard InChI is InChI=1S/C11H11F4NO2S/c12-9-4-3-8(11(13,14)15)7-10(9)19(17,18)16-5-1-2-6-16/h3-4,7H,1-2,5-6H2. The Hall–Kier alpha value is -1.15. The molecule has 0 N–H and O–H groups in total. The lowest BCUT2D eigenvalue weighted by Crippen LogP contribution is -2.29. The second-order valence-electron chi connectivity index (χ2n) is 4.25. The molecular formula is C11H11F4NO2S. The van der Waals surface area contributed by atoms with Gasteiger partial charge in [0, 0.05) is 13.1 Å². The molecule has 0 radical (unpaired) electrons. The third kappa shape index (κ3) is 2.74. The van der Waals surface area contributed by atoms with Crippen LogP contribution in [0.3, 0.4) is 0 Å². The van der Waals surface area contributed by atoms with Crippen molar-refractivity contribution in [3.05, 3.63) is 29.6 Å². The summed E-state index contributed by atoms with van der Waals surface area (Å²) < 4.78 is 76.2. The topological polar surface area (TPSA) is 37.4 Å². The van der Waals surface area contributed by atoms with Crippen LogP contribution in [0.2, 0.25) is 0 Å². The maximum atomic E-state index is 13.5. The molecule has 1 aliphatic heterocycles. The summed E-state index contributed by atoms with van der Waals surface area (Å²) in [5, 5.41) is 0. The first-order chi connectivity index (χ1) is 8.73. The van der Waals surface area contributed by atoms with E-state index in [0.717, 1.165) is 4.31 Å². The molecule has 106 valence electrons. The predicted molar refractivity (Wildman–Crippen MR) is 59.4 cm³/mol. The van der Waals surface area contributed by atoms with Crippen molar-refractivity contribution in [3.8, 4) is 0 Å². The summed E-state index contributed by atoms with van der Waals surface area (Å²) >= 11 is 0. The van der Waals surface area contributed by atoms with E-state index in [1.807, 2.05) is 0 Å². The minimum atomic E-state index is -4.71. The average molecular weight is 297 g/mol. The second kappa shape index (κ2) is 4.75. The molecule has 1 fully saturated rings. The monoisotopic (exact) mass is 297 g/mol. The van der Waals surface area contributed by atoms with Gasteiger partial charge < -0.3 is 0 Å². The molecule has 0 atom stereocenters. The quantitative estimate of drug-likeness (QED) is 0.787. The van der Waals surface area contributed by atoms with E-state index in [0.29, 0.717) is 31.0 Å². The van der Waals surface area contributed by atoms with Crippen molar-refractivity contribution < 1.29 is 26.0 Å². The molecule has 1 aliphatic rings. The van der Waals surface area contributed by atoms with Crippen molar-refractivity contribution in [2.24, 2.45) is 0 Å². The number of rotatable bonds is 2. The number of alkyl halides is 3. The van der Waals surface area contributed by atoms with Gasteiger partial charge in [-0.3, -0.25) is 0 Å². The van der Waals surface area contributed by atoms with Gasteiger partial charge >= 0.3 is 6.18 Å². The van der Waals surface area contributed by atoms with Crippen LogP contribution in [0.4, 0.5) is 17.6 Å². The minimum absolute atomic E-state index is 0.206. The fourth-order valence-electron chi connectivity index (χ4n) is 1.94. The molecule has 1 heterocycles. The zero-order valence-corrected chi connectivity index (χ0v) is 10.6. The highest BCUT2D eigenvalue weighted by Gasteiger charge is 2.35. The summed E-state index contributed by atoms with van der Waals surface area (Å²) in [6, 6.07) is 1.41. The molecule has 2 rings (SSSR count). The van der Waals surface area contributed by atoms with Crippen LogP contribution in [0.5, 0.6) is 0 Å². The highest BCUT2D eigenvalue weighted by Crippen LogP contribution is 2.32. The fraction of sp³-hybridized carbons (Fsp3) is 0.455. The Morgan fingerprint density at radius 3 is 2.21 bits per heavy atom. The molecule has 0 amide bonds. The maximum Gasteiger partial charge on any atom is 0.416 e. The van der Waals surface area contributed by atoms with Gasteiger partial charge in [-0.05, 0) is 31.0 Å². The SMILES string of the molecule is O=S(=O)(c1cc(C(F)(F)F)ccc1F)N1CCCC1. The van der Waals surface area contributed by atoms with Crippen LogP contribution in [0.15, 0.2) is 23.1 Å². The van der Waals surface area contributed by atoms with E-state index in [2.05, 4.69) is 0 Å². The molecule has 0 aliphatic carbocycles. The highest BCUT2D eigenvalue weighted by molar-refractivity contribution is 7.89. The summed E-state index contributed by atoms with van der Waals surface area (Å²) in [5.41, 5.74) is -1.17. The molecule has 1 aromatic carbocycles. The van der Waals surface area contributed by atoms with E-state index < -0.39 is 32.5 Å². The van der Waals surface area contributed by atoms with E-state index in [9.17, 15) is 26.0 Å². The third-order valence-electron chi connectivity index (χ3n) is 2.94. The van der Waals surface area contributed by atoms with Crippen LogP contribution in [-0.4, -0.2) is 25.8 Å². The molecule has 0 aromatic heterocycles. The van der Waals surface area contributed by atoms with Crippen LogP contribution >= 0.6 is 0 Å². The van der Waals surface area contributed by atoms with Crippen molar-refractivity contribution in [1.29, 1.82) is 0 Å². The summed E-state index contributed by atoms with van der Waals surface area (Å²) in [6.07, 6.45) is -3.46. The Bertz CT molecular complexity index is 577. The zero-order chi connectivity index (χ0) is 14.3. The Morgan fingerprint density at radius 1 is 1.11 bits per heavy atom. The molecule has 19 heavy (non-hydrogen) atoms. The molecule has 0 spiro atoms. The first-order valence-corrected chi connectivity index (χ1v) is 7.04. The van der Waals surface area contributed by atoms with Crippen LogP contribution in [0, 0.1) is 5.82 Å². The summed E-state index contributed by atoms with van der Waals surface area (Å²) in [7, 11) is -4.19. The molecule has 0 bridgehead atoms. The second-order valence-corrected chi connectivity index (χ2v) is 6.16. The largest absolute Gasteiger partial charge is 0.416 e. The number of hydrogen-bond acceptors (Lipinski definition) is 2. The van der Waals surface area contributed by atoms with Crippen LogP contribution < -0.4 is 0 Å². The average Bonchev–Trinajstić information content (AvgIpc) is 2.81. The lowest BCUT2D eigenvalue weighted by Gasteiger charge is -2.17. The van der Waals surface area contributed by atoms with Crippen molar-refractivity contribution in [2.75, 3.05) is 13.1 Å². The van der Waals surface area contributed by atoms with Gasteiger partial charge in [0.2, 0.25) is 10.0 Å². The lowest BCUT2D eigenvalue weighted by atomic mass is 10.2. The molecule has 8 heteroatoms. The third-order valence-corrected chi connectivity index (χ3v) is 4.86. The van der Waals surface area contributed by atoms with E-state index in [1.165, 1.54) is 0 Å². The smallest absolute Gasteiger partial charge is 0.207 e. The summed E-state index contributed by atoms with van der Waals surface area (Å²) in [5.74, 6) is -1.17. The van der Waals surface area contributed by atoms with Gasteiger partial charge in [-0.15, -0.1) is 0 Å². The van der Waals surface area contributed by atoms with Crippen molar-refractivity contribution in [3.63, 3.8) is 0 Å². The number of hydrogen-bond donors (Lipinski definition) is 0. The van der Waals surface area contributed by atoms with Crippen LogP contribution in [0.1, 0.15) is 18.4 Å². The van der Waals surface area contributed by atoms with Gasteiger partial charge in [0.15, 0.2) is 0 Å². The molecule has 1 aromatic rings. The number of benzene rings is 1. The Morgan fingerprint density at radius 2 is 1.68 bits per heavy atom. The van der Waals surface area contributed by atoms with Crippen molar-refractivity contribution in [2.45, 2.75) is 23.9 Å². The Labute approximate surface area is 107 Å². The van der Waals surface area contributed by atoms with E-state index in [-0.39, 0.29) is 13.1 Å². The molecule has 3 nitrogen and oxygen atoms in total. The Balaban J connectivity index is 2.49. The maximum absolute atomic E-state index is 13.5. The van der Waals surface area contributed by atoms with Crippen molar-refractivity contribution >= 4 is 10.0 Å². The van der Waals surface area contributed by atoms with Gasteiger partial charge in [0.05, 0.1) is 5.56 Å². The lowest BCUT2D eigenvalue weighted by molar-refractivity contribution is -0.137. The van der Waals surface area contributed by atoms with E-state index in [1.54, 1.807) is 0 Å². The van der Waals surface area contributed by atoms with Gasteiger partial charge in [-0.2, -0.15) is 17.5 Å². The van der Waals surface area contributed by atoms with Crippen LogP contribution in [0.25, 0.3) is 0 Å². The number of halogens is 4. The highest BCUT2D eigenvalue weighted by atomic mass is 32.2. The first-order valence-electron chi connectivity index (χ1n) is 5.60. The fourth-order valence-corrected chi connectivity index (χ4v) is 3.55. The predicted octanol–water partition coefficient (Wildman–Crippen LogP) is 2.63.